The van der Waals surface area contributed by atoms with Crippen molar-refractivity contribution in [2.45, 2.75) is 13.0 Å². The molecule has 0 fully saturated rings. The monoisotopic (exact) mass is 388 g/mol. The predicted octanol–water partition coefficient (Wildman–Crippen LogP) is 4.99. The molecule has 26 heavy (non-hydrogen) atoms. The van der Waals surface area contributed by atoms with Crippen molar-refractivity contribution >= 4 is 5.78 Å². The zero-order valence-electron chi connectivity index (χ0n) is 12.4. The van der Waals surface area contributed by atoms with Crippen molar-refractivity contribution in [1.82, 2.24) is 0 Å². The number of rotatable bonds is 4. The molecule has 0 amide bonds. The number of hydrogen-bond donors (Lipinski definition) is 0. The molecule has 2 aromatic carbocycles. The first-order valence-electron chi connectivity index (χ1n) is 6.47. The van der Waals surface area contributed by atoms with Gasteiger partial charge in [-0.2, -0.15) is 13.2 Å². The third-order valence-corrected chi connectivity index (χ3v) is 3.16. The van der Waals surface area contributed by atoms with E-state index in [1.807, 2.05) is 0 Å². The van der Waals surface area contributed by atoms with Crippen LogP contribution in [0.3, 0.4) is 0 Å². The molecule has 0 radical (unpaired) electrons. The van der Waals surface area contributed by atoms with Crippen LogP contribution in [0.2, 0.25) is 0 Å². The van der Waals surface area contributed by atoms with Crippen molar-refractivity contribution in [3.05, 3.63) is 64.0 Å². The minimum Gasteiger partial charge on any atom is -0.425 e. The summed E-state index contributed by atoms with van der Waals surface area (Å²) in [7, 11) is 0. The first-order valence-corrected chi connectivity index (χ1v) is 6.47. The van der Waals surface area contributed by atoms with E-state index in [1.54, 1.807) is 0 Å². The third kappa shape index (κ3) is 3.08. The molecule has 0 aromatic heterocycles. The van der Waals surface area contributed by atoms with Crippen LogP contribution in [0.5, 0.6) is 5.75 Å². The van der Waals surface area contributed by atoms with E-state index < -0.39 is 69.5 Å². The average molecular weight is 388 g/mol. The maximum atomic E-state index is 14.0. The highest BCUT2D eigenvalue weighted by molar-refractivity contribution is 5.97. The lowest BCUT2D eigenvalue weighted by Gasteiger charge is -2.21. The fourth-order valence-electron chi connectivity index (χ4n) is 1.96. The normalized spacial score (nSPS) is 11.6. The largest absolute Gasteiger partial charge is 0.429 e. The zero-order chi connectivity index (χ0) is 20.0. The third-order valence-electron chi connectivity index (χ3n) is 3.16. The van der Waals surface area contributed by atoms with Crippen LogP contribution in [0.1, 0.15) is 22.8 Å². The number of alkyl halides is 2. The number of halogens is 9. The van der Waals surface area contributed by atoms with Gasteiger partial charge in [0.15, 0.2) is 40.6 Å². The second-order valence-electron chi connectivity index (χ2n) is 4.86. The van der Waals surface area contributed by atoms with Gasteiger partial charge in [0, 0.05) is 0 Å². The van der Waals surface area contributed by atoms with Crippen LogP contribution in [0.4, 0.5) is 39.5 Å². The van der Waals surface area contributed by atoms with E-state index in [2.05, 4.69) is 4.74 Å². The smallest absolute Gasteiger partial charge is 0.425 e. The average Bonchev–Trinajstić information content (AvgIpc) is 2.55. The summed E-state index contributed by atoms with van der Waals surface area (Å²) in [5.41, 5.74) is -3.68. The maximum Gasteiger partial charge on any atom is 0.429 e. The van der Waals surface area contributed by atoms with Gasteiger partial charge in [-0.15, -0.1) is 0 Å². The molecule has 0 aliphatic rings. The lowest BCUT2D eigenvalue weighted by atomic mass is 10.1. The topological polar surface area (TPSA) is 26.3 Å². The van der Waals surface area contributed by atoms with Gasteiger partial charge in [0.2, 0.25) is 11.6 Å². The van der Waals surface area contributed by atoms with E-state index >= 15 is 0 Å². The second kappa shape index (κ2) is 6.54. The van der Waals surface area contributed by atoms with Crippen molar-refractivity contribution in [3.8, 4) is 5.75 Å². The molecule has 0 bridgehead atoms. The van der Waals surface area contributed by atoms with Gasteiger partial charge in [-0.05, 0) is 19.1 Å². The molecule has 0 unspecified atom stereocenters. The van der Waals surface area contributed by atoms with E-state index in [0.717, 1.165) is 0 Å². The molecule has 2 nitrogen and oxygen atoms in total. The minimum absolute atomic E-state index is 0.0231. The highest BCUT2D eigenvalue weighted by atomic mass is 19.3. The number of carbonyl (C=O) groups excluding carboxylic acids is 1. The lowest BCUT2D eigenvalue weighted by Crippen LogP contribution is -2.26. The van der Waals surface area contributed by atoms with Gasteiger partial charge < -0.3 is 4.74 Å². The SMILES string of the molecule is CC(=O)c1c(F)c(F)c(F)c(F)c1OC(F)(F)c1ccc(F)c(F)c1F. The summed E-state index contributed by atoms with van der Waals surface area (Å²) in [6.45, 7) is 0.498. The Bertz CT molecular complexity index is 909. The van der Waals surface area contributed by atoms with E-state index in [0.29, 0.717) is 6.92 Å². The van der Waals surface area contributed by atoms with Crippen LogP contribution >= 0.6 is 0 Å². The minimum atomic E-state index is -5.01. The van der Waals surface area contributed by atoms with Gasteiger partial charge in [-0.3, -0.25) is 4.79 Å². The summed E-state index contributed by atoms with van der Waals surface area (Å²) in [5.74, 6) is -20.1. The molecular formula is C15H5F9O2. The van der Waals surface area contributed by atoms with E-state index in [4.69, 9.17) is 0 Å². The van der Waals surface area contributed by atoms with Gasteiger partial charge in [-0.25, -0.2) is 26.3 Å². The van der Waals surface area contributed by atoms with Crippen molar-refractivity contribution in [2.24, 2.45) is 0 Å². The van der Waals surface area contributed by atoms with Crippen LogP contribution in [0, 0.1) is 40.7 Å². The Labute approximate surface area is 138 Å². The molecule has 0 aliphatic heterocycles. The van der Waals surface area contributed by atoms with Crippen LogP contribution in [-0.2, 0) is 6.11 Å². The van der Waals surface area contributed by atoms with Crippen molar-refractivity contribution in [1.29, 1.82) is 0 Å². The van der Waals surface area contributed by atoms with Crippen LogP contribution in [-0.4, -0.2) is 5.78 Å². The summed E-state index contributed by atoms with van der Waals surface area (Å²) in [6, 6.07) is 0.106. The molecule has 11 heteroatoms. The molecule has 140 valence electrons. The van der Waals surface area contributed by atoms with Crippen LogP contribution in [0.25, 0.3) is 0 Å². The number of hydrogen-bond acceptors (Lipinski definition) is 2. The Morgan fingerprint density at radius 1 is 0.808 bits per heavy atom. The van der Waals surface area contributed by atoms with Gasteiger partial charge in [0.25, 0.3) is 0 Å². The predicted molar refractivity (Wildman–Crippen MR) is 67.1 cm³/mol. The number of benzene rings is 2. The van der Waals surface area contributed by atoms with Crippen molar-refractivity contribution < 1.29 is 49.0 Å². The Morgan fingerprint density at radius 2 is 1.35 bits per heavy atom. The first-order chi connectivity index (χ1) is 11.9. The summed E-state index contributed by atoms with van der Waals surface area (Å²) in [5, 5.41) is 0. The highest BCUT2D eigenvalue weighted by Crippen LogP contribution is 2.39. The molecular weight excluding hydrogens is 383 g/mol. The van der Waals surface area contributed by atoms with Gasteiger partial charge in [0.05, 0.1) is 0 Å². The van der Waals surface area contributed by atoms with E-state index in [9.17, 15) is 44.3 Å². The molecule has 2 rings (SSSR count). The number of ether oxygens (including phenoxy) is 1. The summed E-state index contributed by atoms with van der Waals surface area (Å²) in [6.07, 6.45) is -5.01. The Hall–Kier alpha value is -2.72. The Morgan fingerprint density at radius 3 is 1.88 bits per heavy atom. The zero-order valence-corrected chi connectivity index (χ0v) is 12.4. The summed E-state index contributed by atoms with van der Waals surface area (Å²) >= 11 is 0. The summed E-state index contributed by atoms with van der Waals surface area (Å²) < 4.78 is 125. The molecule has 0 heterocycles. The Balaban J connectivity index is 2.68. The fraction of sp³-hybridized carbons (Fsp3) is 0.133. The van der Waals surface area contributed by atoms with Gasteiger partial charge in [0.1, 0.15) is 11.1 Å². The highest BCUT2D eigenvalue weighted by Gasteiger charge is 2.42. The van der Waals surface area contributed by atoms with Gasteiger partial charge in [-0.1, -0.05) is 0 Å². The van der Waals surface area contributed by atoms with E-state index in [1.165, 1.54) is 0 Å². The first kappa shape index (κ1) is 19.6. The number of carbonyl (C=O) groups is 1. The quantitative estimate of drug-likeness (QED) is 0.319. The molecule has 0 atom stereocenters. The van der Waals surface area contributed by atoms with Crippen LogP contribution in [0.15, 0.2) is 12.1 Å². The standard InChI is InChI=1S/C15H5F9O2/c1-4(25)7-10(19)11(20)12(21)13(22)14(7)26-15(23,24)5-2-3-6(16)9(18)8(5)17/h2-3H,1H3. The molecule has 0 saturated carbocycles. The molecule has 0 spiro atoms. The summed E-state index contributed by atoms with van der Waals surface area (Å²) in [4.78, 5) is 11.3. The van der Waals surface area contributed by atoms with E-state index in [-0.39, 0.29) is 12.1 Å². The maximum absolute atomic E-state index is 14.0. The van der Waals surface area contributed by atoms with Crippen molar-refractivity contribution in [3.63, 3.8) is 0 Å². The van der Waals surface area contributed by atoms with Crippen LogP contribution < -0.4 is 4.74 Å². The van der Waals surface area contributed by atoms with Crippen molar-refractivity contribution in [2.75, 3.05) is 0 Å². The Kier molecular flexibility index (Phi) is 4.93. The molecule has 0 N–H and O–H groups in total. The molecule has 0 saturated heterocycles. The second-order valence-corrected chi connectivity index (χ2v) is 4.86. The molecule has 2 aromatic rings. The van der Waals surface area contributed by atoms with Gasteiger partial charge >= 0.3 is 6.11 Å². The number of Topliss-reactive ketones (excluding diaryl/α,β-unsaturated/α-hetero) is 1. The number of ketones is 1. The fourth-order valence-corrected chi connectivity index (χ4v) is 1.96. The molecule has 0 aliphatic carbocycles. The lowest BCUT2D eigenvalue weighted by molar-refractivity contribution is -0.189.